The first-order valence-electron chi connectivity index (χ1n) is 5.71. The highest BCUT2D eigenvalue weighted by Gasteiger charge is 2.17. The second-order valence-electron chi connectivity index (χ2n) is 4.13. The summed E-state index contributed by atoms with van der Waals surface area (Å²) in [6, 6.07) is 0. The van der Waals surface area contributed by atoms with Crippen molar-refractivity contribution in [3.05, 3.63) is 12.5 Å². The lowest BCUT2D eigenvalue weighted by Crippen LogP contribution is -2.08. The van der Waals surface area contributed by atoms with Crippen molar-refractivity contribution in [1.29, 1.82) is 0 Å². The fourth-order valence-electron chi connectivity index (χ4n) is 2.00. The Labute approximate surface area is 104 Å². The van der Waals surface area contributed by atoms with Gasteiger partial charge in [0.2, 0.25) is 0 Å². The Morgan fingerprint density at radius 1 is 1.53 bits per heavy atom. The van der Waals surface area contributed by atoms with E-state index in [1.54, 1.807) is 22.8 Å². The van der Waals surface area contributed by atoms with Crippen LogP contribution in [0.4, 0.5) is 0 Å². The molecule has 1 atom stereocenters. The van der Waals surface area contributed by atoms with Gasteiger partial charge in [0.15, 0.2) is 5.65 Å². The van der Waals surface area contributed by atoms with E-state index in [9.17, 15) is 0 Å². The zero-order valence-electron chi connectivity index (χ0n) is 9.67. The van der Waals surface area contributed by atoms with Gasteiger partial charge in [-0.1, -0.05) is 0 Å². The van der Waals surface area contributed by atoms with Gasteiger partial charge in [0.25, 0.3) is 0 Å². The molecule has 1 saturated heterocycles. The third kappa shape index (κ3) is 2.14. The molecule has 17 heavy (non-hydrogen) atoms. The molecule has 1 fully saturated rings. The molecule has 3 heterocycles. The SMILES string of the molecule is Cn1ncc2c(SC[C@H]3CCCO3)ncnc21. The lowest BCUT2D eigenvalue weighted by Gasteiger charge is -2.08. The number of rotatable bonds is 3. The van der Waals surface area contributed by atoms with Crippen molar-refractivity contribution in [2.24, 2.45) is 7.05 Å². The van der Waals surface area contributed by atoms with Crippen LogP contribution in [0.15, 0.2) is 17.6 Å². The molecule has 2 aromatic rings. The highest BCUT2D eigenvalue weighted by Crippen LogP contribution is 2.27. The van der Waals surface area contributed by atoms with Gasteiger partial charge >= 0.3 is 0 Å². The second kappa shape index (κ2) is 4.62. The Balaban J connectivity index is 1.79. The van der Waals surface area contributed by atoms with E-state index < -0.39 is 0 Å². The van der Waals surface area contributed by atoms with Crippen molar-refractivity contribution in [1.82, 2.24) is 19.7 Å². The van der Waals surface area contributed by atoms with E-state index in [0.717, 1.165) is 34.8 Å². The molecular weight excluding hydrogens is 236 g/mol. The molecule has 6 heteroatoms. The molecule has 90 valence electrons. The number of aromatic nitrogens is 4. The molecule has 5 nitrogen and oxygen atoms in total. The Morgan fingerprint density at radius 2 is 2.47 bits per heavy atom. The number of thioether (sulfide) groups is 1. The van der Waals surface area contributed by atoms with Crippen LogP contribution in [0.3, 0.4) is 0 Å². The van der Waals surface area contributed by atoms with Crippen LogP contribution < -0.4 is 0 Å². The predicted octanol–water partition coefficient (Wildman–Crippen LogP) is 1.63. The van der Waals surface area contributed by atoms with Crippen LogP contribution in [0.5, 0.6) is 0 Å². The second-order valence-corrected chi connectivity index (χ2v) is 5.14. The molecule has 0 N–H and O–H groups in total. The molecule has 0 saturated carbocycles. The van der Waals surface area contributed by atoms with Crippen LogP contribution in [-0.2, 0) is 11.8 Å². The fourth-order valence-corrected chi connectivity index (χ4v) is 3.03. The third-order valence-electron chi connectivity index (χ3n) is 2.92. The van der Waals surface area contributed by atoms with Crippen LogP contribution in [0.25, 0.3) is 11.0 Å². The zero-order chi connectivity index (χ0) is 11.7. The van der Waals surface area contributed by atoms with Gasteiger partial charge in [0.05, 0.1) is 17.7 Å². The van der Waals surface area contributed by atoms with Gasteiger partial charge in [-0.2, -0.15) is 5.10 Å². The van der Waals surface area contributed by atoms with Gasteiger partial charge in [0.1, 0.15) is 11.4 Å². The first kappa shape index (κ1) is 11.0. The van der Waals surface area contributed by atoms with Crippen molar-refractivity contribution < 1.29 is 4.74 Å². The minimum Gasteiger partial charge on any atom is -0.377 e. The Bertz CT molecular complexity index is 521. The first-order chi connectivity index (χ1) is 8.34. The van der Waals surface area contributed by atoms with E-state index in [0.29, 0.717) is 6.10 Å². The monoisotopic (exact) mass is 250 g/mol. The Kier molecular flexibility index (Phi) is 2.98. The average Bonchev–Trinajstić information content (AvgIpc) is 2.97. The summed E-state index contributed by atoms with van der Waals surface area (Å²) in [5.74, 6) is 0.959. The molecule has 0 aromatic carbocycles. The quantitative estimate of drug-likeness (QED) is 0.612. The van der Waals surface area contributed by atoms with Crippen molar-refractivity contribution in [3.8, 4) is 0 Å². The molecule has 1 aliphatic rings. The lowest BCUT2D eigenvalue weighted by atomic mass is 10.3. The van der Waals surface area contributed by atoms with Gasteiger partial charge in [0, 0.05) is 19.4 Å². The molecule has 0 amide bonds. The van der Waals surface area contributed by atoms with Crippen LogP contribution in [0.2, 0.25) is 0 Å². The highest BCUT2D eigenvalue weighted by molar-refractivity contribution is 7.99. The summed E-state index contributed by atoms with van der Waals surface area (Å²) in [7, 11) is 1.89. The maximum Gasteiger partial charge on any atom is 0.162 e. The van der Waals surface area contributed by atoms with Gasteiger partial charge in [-0.15, -0.1) is 11.8 Å². The van der Waals surface area contributed by atoms with Gasteiger partial charge in [-0.05, 0) is 12.8 Å². The van der Waals surface area contributed by atoms with Crippen LogP contribution in [-0.4, -0.2) is 38.2 Å². The minimum atomic E-state index is 0.377. The smallest absolute Gasteiger partial charge is 0.162 e. The molecule has 0 bridgehead atoms. The number of nitrogens with zero attached hydrogens (tertiary/aromatic N) is 4. The summed E-state index contributed by atoms with van der Waals surface area (Å²) < 4.78 is 7.38. The van der Waals surface area contributed by atoms with E-state index in [-0.39, 0.29) is 0 Å². The lowest BCUT2D eigenvalue weighted by molar-refractivity contribution is 0.129. The average molecular weight is 250 g/mol. The van der Waals surface area contributed by atoms with Crippen molar-refractivity contribution in [2.45, 2.75) is 24.0 Å². The first-order valence-corrected chi connectivity index (χ1v) is 6.70. The van der Waals surface area contributed by atoms with Crippen LogP contribution in [0.1, 0.15) is 12.8 Å². The van der Waals surface area contributed by atoms with Crippen LogP contribution >= 0.6 is 11.8 Å². The number of ether oxygens (including phenoxy) is 1. The summed E-state index contributed by atoms with van der Waals surface area (Å²) in [6.07, 6.45) is 6.14. The van der Waals surface area contributed by atoms with Crippen LogP contribution in [0, 0.1) is 0 Å². The summed E-state index contributed by atoms with van der Waals surface area (Å²) in [5, 5.41) is 6.23. The molecule has 0 unspecified atom stereocenters. The number of aryl methyl sites for hydroxylation is 1. The third-order valence-corrected chi connectivity index (χ3v) is 4.06. The predicted molar refractivity (Wildman–Crippen MR) is 66.0 cm³/mol. The van der Waals surface area contributed by atoms with E-state index in [2.05, 4.69) is 15.1 Å². The minimum absolute atomic E-state index is 0.377. The van der Waals surface area contributed by atoms with Gasteiger partial charge < -0.3 is 4.74 Å². The largest absolute Gasteiger partial charge is 0.377 e. The molecule has 2 aromatic heterocycles. The Hall–Kier alpha value is -1.14. The molecule has 0 radical (unpaired) electrons. The highest BCUT2D eigenvalue weighted by atomic mass is 32.2. The normalized spacial score (nSPS) is 20.2. The van der Waals surface area contributed by atoms with Gasteiger partial charge in [-0.3, -0.25) is 4.68 Å². The summed E-state index contributed by atoms with van der Waals surface area (Å²) in [5.41, 5.74) is 0.884. The van der Waals surface area contributed by atoms with E-state index >= 15 is 0 Å². The van der Waals surface area contributed by atoms with E-state index in [4.69, 9.17) is 4.74 Å². The van der Waals surface area contributed by atoms with Crippen molar-refractivity contribution >= 4 is 22.8 Å². The summed E-state index contributed by atoms with van der Waals surface area (Å²) in [4.78, 5) is 8.55. The maximum atomic E-state index is 5.61. The maximum absolute atomic E-state index is 5.61. The molecule has 1 aliphatic heterocycles. The van der Waals surface area contributed by atoms with E-state index in [1.165, 1.54) is 6.42 Å². The number of fused-ring (bicyclic) bond motifs is 1. The topological polar surface area (TPSA) is 52.8 Å². The number of hydrogen-bond donors (Lipinski definition) is 0. The standard InChI is InChI=1S/C11H14N4OS/c1-15-10-9(5-14-15)11(13-7-12-10)17-6-8-3-2-4-16-8/h5,7-8H,2-4,6H2,1H3/t8-/m1/s1. The fraction of sp³-hybridized carbons (Fsp3) is 0.545. The summed E-state index contributed by atoms with van der Waals surface area (Å²) in [6.45, 7) is 0.900. The van der Waals surface area contributed by atoms with E-state index in [1.807, 2.05) is 13.2 Å². The van der Waals surface area contributed by atoms with Crippen molar-refractivity contribution in [3.63, 3.8) is 0 Å². The van der Waals surface area contributed by atoms with Gasteiger partial charge in [-0.25, -0.2) is 9.97 Å². The zero-order valence-corrected chi connectivity index (χ0v) is 10.5. The molecular formula is C11H14N4OS. The summed E-state index contributed by atoms with van der Waals surface area (Å²) >= 11 is 1.73. The van der Waals surface area contributed by atoms with Crippen molar-refractivity contribution in [2.75, 3.05) is 12.4 Å². The molecule has 0 aliphatic carbocycles. The molecule has 0 spiro atoms. The Morgan fingerprint density at radius 3 is 3.29 bits per heavy atom. The molecule has 3 rings (SSSR count). The number of hydrogen-bond acceptors (Lipinski definition) is 5.